The highest BCUT2D eigenvalue weighted by Gasteiger charge is 2.27. The number of amides is 1. The molecule has 0 unspecified atom stereocenters. The van der Waals surface area contributed by atoms with Gasteiger partial charge in [0.25, 0.3) is 0 Å². The molecule has 1 aliphatic heterocycles. The van der Waals surface area contributed by atoms with E-state index in [9.17, 15) is 4.79 Å². The van der Waals surface area contributed by atoms with Gasteiger partial charge in [0.2, 0.25) is 5.91 Å². The van der Waals surface area contributed by atoms with Crippen molar-refractivity contribution in [1.82, 2.24) is 20.0 Å². The zero-order valence-electron chi connectivity index (χ0n) is 15.4. The normalized spacial score (nSPS) is 14.9. The fourth-order valence-electron chi connectivity index (χ4n) is 2.90. The van der Waals surface area contributed by atoms with Crippen LogP contribution in [0.25, 0.3) is 0 Å². The van der Waals surface area contributed by atoms with Crippen LogP contribution in [0.1, 0.15) is 12.5 Å². The van der Waals surface area contributed by atoms with Crippen molar-refractivity contribution in [2.75, 3.05) is 31.1 Å². The standard InChI is InChI=1S/C18H23BrN6O.HI/c1-3-20-18(21-10-14-5-4-6-15(19)9-14)24-7-8-25(17(26)13-24)16-11-22-23(2)12-16;/h4-6,9,11-12H,3,7-8,10,13H2,1-2H3,(H,20,21);1H. The molecule has 1 amide bonds. The van der Waals surface area contributed by atoms with Gasteiger partial charge in [0.05, 0.1) is 18.4 Å². The van der Waals surface area contributed by atoms with E-state index in [0.717, 1.165) is 34.8 Å². The first-order valence-electron chi connectivity index (χ1n) is 8.63. The van der Waals surface area contributed by atoms with Gasteiger partial charge in [0.1, 0.15) is 6.54 Å². The number of hydrogen-bond acceptors (Lipinski definition) is 3. The van der Waals surface area contributed by atoms with E-state index in [1.54, 1.807) is 15.8 Å². The third-order valence-corrected chi connectivity index (χ3v) is 4.65. The Kier molecular flexibility index (Phi) is 8.08. The summed E-state index contributed by atoms with van der Waals surface area (Å²) in [7, 11) is 1.85. The van der Waals surface area contributed by atoms with Crippen LogP contribution in [0.15, 0.2) is 46.1 Å². The summed E-state index contributed by atoms with van der Waals surface area (Å²) >= 11 is 3.48. The van der Waals surface area contributed by atoms with Gasteiger partial charge in [0, 0.05) is 37.4 Å². The fourth-order valence-corrected chi connectivity index (χ4v) is 3.35. The number of carbonyl (C=O) groups is 1. The summed E-state index contributed by atoms with van der Waals surface area (Å²) in [4.78, 5) is 21.1. The van der Waals surface area contributed by atoms with Crippen LogP contribution in [-0.2, 0) is 18.4 Å². The van der Waals surface area contributed by atoms with E-state index in [-0.39, 0.29) is 29.9 Å². The molecule has 0 saturated carbocycles. The molecule has 146 valence electrons. The van der Waals surface area contributed by atoms with E-state index in [4.69, 9.17) is 4.99 Å². The van der Waals surface area contributed by atoms with Crippen LogP contribution < -0.4 is 10.2 Å². The van der Waals surface area contributed by atoms with Crippen LogP contribution in [0.5, 0.6) is 0 Å². The number of benzene rings is 1. The smallest absolute Gasteiger partial charge is 0.246 e. The summed E-state index contributed by atoms with van der Waals surface area (Å²) in [6.45, 7) is 5.01. The lowest BCUT2D eigenvalue weighted by Gasteiger charge is -2.35. The van der Waals surface area contributed by atoms with Crippen molar-refractivity contribution < 1.29 is 4.79 Å². The second-order valence-electron chi connectivity index (χ2n) is 6.14. The number of halogens is 2. The largest absolute Gasteiger partial charge is 0.356 e. The highest BCUT2D eigenvalue weighted by atomic mass is 127. The molecule has 0 spiro atoms. The molecular weight excluding hydrogens is 523 g/mol. The monoisotopic (exact) mass is 546 g/mol. The molecular formula is C18H24BrIN6O. The maximum atomic E-state index is 12.6. The Hall–Kier alpha value is -1.62. The Balaban J connectivity index is 0.00000261. The van der Waals surface area contributed by atoms with Crippen molar-refractivity contribution in [1.29, 1.82) is 0 Å². The minimum absolute atomic E-state index is 0. The molecule has 1 saturated heterocycles. The molecule has 1 N–H and O–H groups in total. The van der Waals surface area contributed by atoms with Crippen molar-refractivity contribution >= 4 is 57.5 Å². The predicted molar refractivity (Wildman–Crippen MR) is 122 cm³/mol. The van der Waals surface area contributed by atoms with Gasteiger partial charge in [-0.05, 0) is 24.6 Å². The average molecular weight is 547 g/mol. The second-order valence-corrected chi connectivity index (χ2v) is 7.05. The summed E-state index contributed by atoms with van der Waals surface area (Å²) in [6.07, 6.45) is 3.58. The Labute approximate surface area is 185 Å². The highest BCUT2D eigenvalue weighted by Crippen LogP contribution is 2.16. The SMILES string of the molecule is CCNC(=NCc1cccc(Br)c1)N1CCN(c2cnn(C)c2)C(=O)C1.I. The van der Waals surface area contributed by atoms with Crippen molar-refractivity contribution in [2.45, 2.75) is 13.5 Å². The molecule has 1 aliphatic rings. The molecule has 0 aliphatic carbocycles. The van der Waals surface area contributed by atoms with E-state index in [0.29, 0.717) is 19.6 Å². The number of carbonyl (C=O) groups excluding carboxylic acids is 1. The minimum atomic E-state index is 0. The minimum Gasteiger partial charge on any atom is -0.356 e. The van der Waals surface area contributed by atoms with E-state index in [1.165, 1.54) is 0 Å². The lowest BCUT2D eigenvalue weighted by Crippen LogP contribution is -2.55. The molecule has 27 heavy (non-hydrogen) atoms. The Morgan fingerprint density at radius 2 is 2.19 bits per heavy atom. The van der Waals surface area contributed by atoms with Crippen LogP contribution >= 0.6 is 39.9 Å². The van der Waals surface area contributed by atoms with E-state index >= 15 is 0 Å². The fraction of sp³-hybridized carbons (Fsp3) is 0.389. The van der Waals surface area contributed by atoms with Crippen molar-refractivity contribution in [2.24, 2.45) is 12.0 Å². The molecule has 3 rings (SSSR count). The quantitative estimate of drug-likeness (QED) is 0.364. The molecule has 0 radical (unpaired) electrons. The third-order valence-electron chi connectivity index (χ3n) is 4.16. The summed E-state index contributed by atoms with van der Waals surface area (Å²) in [6, 6.07) is 8.09. The Morgan fingerprint density at radius 3 is 2.81 bits per heavy atom. The van der Waals surface area contributed by atoms with Gasteiger partial charge in [-0.3, -0.25) is 9.48 Å². The summed E-state index contributed by atoms with van der Waals surface area (Å²) < 4.78 is 2.74. The van der Waals surface area contributed by atoms with Crippen molar-refractivity contribution in [3.63, 3.8) is 0 Å². The number of aromatic nitrogens is 2. The summed E-state index contributed by atoms with van der Waals surface area (Å²) in [5.74, 6) is 0.823. The maximum Gasteiger partial charge on any atom is 0.246 e. The molecule has 1 aromatic heterocycles. The summed E-state index contributed by atoms with van der Waals surface area (Å²) in [5, 5.41) is 7.44. The third kappa shape index (κ3) is 5.68. The second kappa shape index (κ2) is 10.1. The number of guanidine groups is 1. The zero-order valence-corrected chi connectivity index (χ0v) is 19.3. The molecule has 1 aromatic carbocycles. The number of hydrogen-bond donors (Lipinski definition) is 1. The first-order valence-corrected chi connectivity index (χ1v) is 9.43. The average Bonchev–Trinajstić information content (AvgIpc) is 3.04. The van der Waals surface area contributed by atoms with Crippen LogP contribution in [0.2, 0.25) is 0 Å². The highest BCUT2D eigenvalue weighted by molar-refractivity contribution is 14.0. The number of nitrogens with one attached hydrogen (secondary N) is 1. The van der Waals surface area contributed by atoms with E-state index in [1.807, 2.05) is 43.3 Å². The van der Waals surface area contributed by atoms with Crippen molar-refractivity contribution in [3.8, 4) is 0 Å². The van der Waals surface area contributed by atoms with Crippen LogP contribution in [-0.4, -0.2) is 52.7 Å². The Bertz CT molecular complexity index is 809. The maximum absolute atomic E-state index is 12.6. The predicted octanol–water partition coefficient (Wildman–Crippen LogP) is 2.61. The van der Waals surface area contributed by atoms with Crippen LogP contribution in [0.3, 0.4) is 0 Å². The molecule has 2 heterocycles. The molecule has 7 nitrogen and oxygen atoms in total. The number of aryl methyl sites for hydroxylation is 1. The molecule has 9 heteroatoms. The van der Waals surface area contributed by atoms with Gasteiger partial charge in [0.15, 0.2) is 5.96 Å². The molecule has 0 bridgehead atoms. The number of nitrogens with zero attached hydrogens (tertiary/aromatic N) is 5. The number of rotatable bonds is 4. The van der Waals surface area contributed by atoms with E-state index < -0.39 is 0 Å². The van der Waals surface area contributed by atoms with Gasteiger partial charge in [-0.1, -0.05) is 28.1 Å². The van der Waals surface area contributed by atoms with Gasteiger partial charge in [-0.15, -0.1) is 24.0 Å². The lowest BCUT2D eigenvalue weighted by atomic mass is 10.2. The van der Waals surface area contributed by atoms with Gasteiger partial charge in [-0.25, -0.2) is 4.99 Å². The lowest BCUT2D eigenvalue weighted by molar-refractivity contribution is -0.120. The zero-order chi connectivity index (χ0) is 18.5. The van der Waals surface area contributed by atoms with Crippen molar-refractivity contribution in [3.05, 3.63) is 46.7 Å². The first kappa shape index (κ1) is 21.7. The van der Waals surface area contributed by atoms with E-state index in [2.05, 4.69) is 32.4 Å². The number of anilines is 1. The van der Waals surface area contributed by atoms with Crippen LogP contribution in [0, 0.1) is 0 Å². The first-order chi connectivity index (χ1) is 12.6. The van der Waals surface area contributed by atoms with Crippen LogP contribution in [0.4, 0.5) is 5.69 Å². The number of piperazine rings is 1. The molecule has 1 fully saturated rings. The Morgan fingerprint density at radius 1 is 1.37 bits per heavy atom. The summed E-state index contributed by atoms with van der Waals surface area (Å²) in [5.41, 5.74) is 1.96. The van der Waals surface area contributed by atoms with Gasteiger partial charge < -0.3 is 15.1 Å². The topological polar surface area (TPSA) is 65.8 Å². The molecule has 2 aromatic rings. The van der Waals surface area contributed by atoms with Gasteiger partial charge >= 0.3 is 0 Å². The molecule has 0 atom stereocenters. The number of aliphatic imine (C=N–C) groups is 1. The van der Waals surface area contributed by atoms with Gasteiger partial charge in [-0.2, -0.15) is 5.10 Å².